The van der Waals surface area contributed by atoms with Crippen LogP contribution in [-0.4, -0.2) is 11.7 Å². The summed E-state index contributed by atoms with van der Waals surface area (Å²) in [6.45, 7) is 2.48. The van der Waals surface area contributed by atoms with Gasteiger partial charge in [-0.25, -0.2) is 0 Å². The Morgan fingerprint density at radius 3 is 2.31 bits per heavy atom. The van der Waals surface area contributed by atoms with Gasteiger partial charge in [-0.05, 0) is 25.7 Å². The molecule has 0 radical (unpaired) electrons. The minimum atomic E-state index is 0.342. The molecule has 0 aliphatic rings. The van der Waals surface area contributed by atoms with Crippen LogP contribution in [0.4, 0.5) is 0 Å². The summed E-state index contributed by atoms with van der Waals surface area (Å²) in [7, 11) is 0. The Bertz CT molecular complexity index is 136. The van der Waals surface area contributed by atoms with Crippen molar-refractivity contribution in [1.82, 2.24) is 0 Å². The Morgan fingerprint density at radius 2 is 1.62 bits per heavy atom. The highest BCUT2D eigenvalue weighted by molar-refractivity contribution is 5.01. The Labute approximate surface area is 82.2 Å². The second kappa shape index (κ2) is 11.4. The Balaban J connectivity index is 3.06. The minimum absolute atomic E-state index is 0.342. The van der Waals surface area contributed by atoms with E-state index in [2.05, 4.69) is 31.2 Å². The fourth-order valence-corrected chi connectivity index (χ4v) is 1.12. The lowest BCUT2D eigenvalue weighted by atomic mass is 10.1. The van der Waals surface area contributed by atoms with Crippen molar-refractivity contribution in [3.8, 4) is 0 Å². The highest BCUT2D eigenvalue weighted by Crippen LogP contribution is 2.02. The zero-order valence-corrected chi connectivity index (χ0v) is 8.71. The molecule has 0 amide bonds. The predicted molar refractivity (Wildman–Crippen MR) is 58.7 cm³/mol. The van der Waals surface area contributed by atoms with Crippen LogP contribution in [0, 0.1) is 0 Å². The van der Waals surface area contributed by atoms with Crippen molar-refractivity contribution in [2.24, 2.45) is 0 Å². The van der Waals surface area contributed by atoms with Crippen LogP contribution in [-0.2, 0) is 0 Å². The monoisotopic (exact) mass is 182 g/mol. The molecule has 0 unspecified atom stereocenters. The van der Waals surface area contributed by atoms with Crippen LogP contribution in [0.1, 0.15) is 45.4 Å². The molecule has 76 valence electrons. The molecule has 0 aromatic rings. The Hall–Kier alpha value is -0.560. The lowest BCUT2D eigenvalue weighted by Gasteiger charge is -1.94. The van der Waals surface area contributed by atoms with E-state index in [1.54, 1.807) is 0 Å². The largest absolute Gasteiger partial charge is 0.396 e. The van der Waals surface area contributed by atoms with E-state index >= 15 is 0 Å². The average Bonchev–Trinajstić information content (AvgIpc) is 2.16. The molecule has 0 bridgehead atoms. The third kappa shape index (κ3) is 11.4. The molecular weight excluding hydrogens is 160 g/mol. The first kappa shape index (κ1) is 12.4. The quantitative estimate of drug-likeness (QED) is 0.450. The van der Waals surface area contributed by atoms with E-state index in [1.807, 2.05) is 0 Å². The number of unbranched alkanes of at least 4 members (excludes halogenated alkanes) is 4. The summed E-state index contributed by atoms with van der Waals surface area (Å²) in [6.07, 6.45) is 15.5. The van der Waals surface area contributed by atoms with E-state index in [0.717, 1.165) is 19.3 Å². The van der Waals surface area contributed by atoms with Crippen molar-refractivity contribution in [2.75, 3.05) is 6.61 Å². The molecule has 0 saturated carbocycles. The van der Waals surface area contributed by atoms with Gasteiger partial charge in [0.2, 0.25) is 0 Å². The first-order chi connectivity index (χ1) is 6.41. The van der Waals surface area contributed by atoms with Gasteiger partial charge in [0.15, 0.2) is 0 Å². The highest BCUT2D eigenvalue weighted by atomic mass is 16.2. The summed E-state index contributed by atoms with van der Waals surface area (Å²) in [5.74, 6) is 0. The molecule has 1 nitrogen and oxygen atoms in total. The average molecular weight is 182 g/mol. The zero-order chi connectivity index (χ0) is 9.78. The van der Waals surface area contributed by atoms with Crippen molar-refractivity contribution in [2.45, 2.75) is 45.4 Å². The standard InChI is InChI=1S/C12H22O/c1-2-3-4-5-6-7-8-9-10-11-12-13/h3-6,13H,2,7-12H2,1H3/b4-3?,6-5+. The summed E-state index contributed by atoms with van der Waals surface area (Å²) in [6, 6.07) is 0. The lowest BCUT2D eigenvalue weighted by Crippen LogP contribution is -1.82. The molecule has 0 aromatic carbocycles. The number of allylic oxidation sites excluding steroid dienone is 4. The summed E-state index contributed by atoms with van der Waals surface area (Å²) < 4.78 is 0. The summed E-state index contributed by atoms with van der Waals surface area (Å²) in [5, 5.41) is 8.54. The molecule has 1 heteroatoms. The van der Waals surface area contributed by atoms with Crippen LogP contribution in [0.15, 0.2) is 24.3 Å². The van der Waals surface area contributed by atoms with Crippen LogP contribution in [0.2, 0.25) is 0 Å². The van der Waals surface area contributed by atoms with Gasteiger partial charge in [-0.15, -0.1) is 0 Å². The molecule has 13 heavy (non-hydrogen) atoms. The van der Waals surface area contributed by atoms with E-state index in [9.17, 15) is 0 Å². The summed E-state index contributed by atoms with van der Waals surface area (Å²) in [5.41, 5.74) is 0. The zero-order valence-electron chi connectivity index (χ0n) is 8.71. The molecule has 0 atom stereocenters. The van der Waals surface area contributed by atoms with E-state index < -0.39 is 0 Å². The second-order valence-electron chi connectivity index (χ2n) is 3.19. The lowest BCUT2D eigenvalue weighted by molar-refractivity contribution is 0.282. The van der Waals surface area contributed by atoms with Crippen LogP contribution in [0.3, 0.4) is 0 Å². The van der Waals surface area contributed by atoms with Crippen LogP contribution in [0.5, 0.6) is 0 Å². The summed E-state index contributed by atoms with van der Waals surface area (Å²) >= 11 is 0. The highest BCUT2D eigenvalue weighted by Gasteiger charge is 1.85. The molecule has 0 aromatic heterocycles. The van der Waals surface area contributed by atoms with Gasteiger partial charge in [0, 0.05) is 6.61 Å². The van der Waals surface area contributed by atoms with E-state index in [-0.39, 0.29) is 0 Å². The van der Waals surface area contributed by atoms with Crippen LogP contribution < -0.4 is 0 Å². The van der Waals surface area contributed by atoms with Crippen molar-refractivity contribution >= 4 is 0 Å². The van der Waals surface area contributed by atoms with E-state index in [4.69, 9.17) is 5.11 Å². The predicted octanol–water partition coefficient (Wildman–Crippen LogP) is 3.45. The van der Waals surface area contributed by atoms with Gasteiger partial charge in [0.05, 0.1) is 0 Å². The third-order valence-corrected chi connectivity index (χ3v) is 1.90. The van der Waals surface area contributed by atoms with Crippen molar-refractivity contribution in [1.29, 1.82) is 0 Å². The number of hydrogen-bond acceptors (Lipinski definition) is 1. The smallest absolute Gasteiger partial charge is 0.0431 e. The SMILES string of the molecule is CCC=C/C=C/CCCCCCO. The molecular formula is C12H22O. The Kier molecular flexibility index (Phi) is 10.9. The first-order valence-electron chi connectivity index (χ1n) is 5.34. The number of rotatable bonds is 8. The van der Waals surface area contributed by atoms with Gasteiger partial charge in [0.1, 0.15) is 0 Å². The molecule has 0 heterocycles. The maximum atomic E-state index is 8.54. The van der Waals surface area contributed by atoms with Crippen LogP contribution in [0.25, 0.3) is 0 Å². The van der Waals surface area contributed by atoms with Gasteiger partial charge < -0.3 is 5.11 Å². The number of aliphatic hydroxyl groups is 1. The molecule has 0 aliphatic heterocycles. The van der Waals surface area contributed by atoms with Gasteiger partial charge in [-0.1, -0.05) is 44.1 Å². The molecule has 0 rings (SSSR count). The fraction of sp³-hybridized carbons (Fsp3) is 0.667. The molecule has 0 aliphatic carbocycles. The molecule has 1 N–H and O–H groups in total. The normalized spacial score (nSPS) is 11.8. The van der Waals surface area contributed by atoms with Gasteiger partial charge in [-0.2, -0.15) is 0 Å². The van der Waals surface area contributed by atoms with E-state index in [0.29, 0.717) is 6.61 Å². The maximum Gasteiger partial charge on any atom is 0.0431 e. The third-order valence-electron chi connectivity index (χ3n) is 1.90. The van der Waals surface area contributed by atoms with Gasteiger partial charge >= 0.3 is 0 Å². The van der Waals surface area contributed by atoms with Gasteiger partial charge in [-0.3, -0.25) is 0 Å². The topological polar surface area (TPSA) is 20.2 Å². The number of aliphatic hydroxyl groups excluding tert-OH is 1. The van der Waals surface area contributed by atoms with Crippen molar-refractivity contribution in [3.63, 3.8) is 0 Å². The molecule has 0 spiro atoms. The summed E-state index contributed by atoms with van der Waals surface area (Å²) in [4.78, 5) is 0. The minimum Gasteiger partial charge on any atom is -0.396 e. The molecule has 0 fully saturated rings. The van der Waals surface area contributed by atoms with Crippen molar-refractivity contribution < 1.29 is 5.11 Å². The van der Waals surface area contributed by atoms with Crippen molar-refractivity contribution in [3.05, 3.63) is 24.3 Å². The second-order valence-corrected chi connectivity index (χ2v) is 3.19. The van der Waals surface area contributed by atoms with Gasteiger partial charge in [0.25, 0.3) is 0 Å². The first-order valence-corrected chi connectivity index (χ1v) is 5.34. The fourth-order valence-electron chi connectivity index (χ4n) is 1.12. The Morgan fingerprint density at radius 1 is 0.923 bits per heavy atom. The van der Waals surface area contributed by atoms with Crippen LogP contribution >= 0.6 is 0 Å². The number of hydrogen-bond donors (Lipinski definition) is 1. The van der Waals surface area contributed by atoms with E-state index in [1.165, 1.54) is 19.3 Å². The molecule has 0 saturated heterocycles. The maximum absolute atomic E-state index is 8.54.